The van der Waals surface area contributed by atoms with Gasteiger partial charge in [-0.05, 0) is 24.3 Å². The van der Waals surface area contributed by atoms with Gasteiger partial charge in [-0.3, -0.25) is 0 Å². The number of benzene rings is 1. The number of H-pyrrole nitrogens is 1. The highest BCUT2D eigenvalue weighted by molar-refractivity contribution is 6.42. The SMILES string of the molecule is OC/C=C/c1cc2cc(Cl)c(Cl)cc2[nH]1. The maximum Gasteiger partial charge on any atom is 0.0616 e. The van der Waals surface area contributed by atoms with Crippen LogP contribution in [0.3, 0.4) is 0 Å². The van der Waals surface area contributed by atoms with Gasteiger partial charge >= 0.3 is 0 Å². The van der Waals surface area contributed by atoms with E-state index in [4.69, 9.17) is 28.3 Å². The molecule has 1 aromatic carbocycles. The Morgan fingerprint density at radius 1 is 1.20 bits per heavy atom. The third-order valence-electron chi connectivity index (χ3n) is 2.09. The number of aliphatic hydroxyl groups excluding tert-OH is 1. The van der Waals surface area contributed by atoms with E-state index in [1.807, 2.05) is 18.2 Å². The van der Waals surface area contributed by atoms with E-state index in [1.54, 1.807) is 12.1 Å². The number of aromatic nitrogens is 1. The number of hydrogen-bond donors (Lipinski definition) is 2. The predicted molar refractivity (Wildman–Crippen MR) is 64.4 cm³/mol. The van der Waals surface area contributed by atoms with E-state index in [0.29, 0.717) is 10.0 Å². The monoisotopic (exact) mass is 241 g/mol. The Labute approximate surface area is 97.1 Å². The molecule has 0 saturated heterocycles. The van der Waals surface area contributed by atoms with Crippen LogP contribution in [0.25, 0.3) is 17.0 Å². The van der Waals surface area contributed by atoms with Gasteiger partial charge in [0.1, 0.15) is 0 Å². The first kappa shape index (κ1) is 10.6. The van der Waals surface area contributed by atoms with Gasteiger partial charge in [0.25, 0.3) is 0 Å². The summed E-state index contributed by atoms with van der Waals surface area (Å²) in [6.45, 7) is 0.0247. The number of rotatable bonds is 2. The summed E-state index contributed by atoms with van der Waals surface area (Å²) >= 11 is 11.8. The molecule has 0 radical (unpaired) electrons. The zero-order chi connectivity index (χ0) is 10.8. The Morgan fingerprint density at radius 2 is 1.93 bits per heavy atom. The van der Waals surface area contributed by atoms with E-state index in [-0.39, 0.29) is 6.61 Å². The van der Waals surface area contributed by atoms with Gasteiger partial charge in [-0.25, -0.2) is 0 Å². The van der Waals surface area contributed by atoms with Gasteiger partial charge in [-0.1, -0.05) is 29.3 Å². The molecule has 2 nitrogen and oxygen atoms in total. The van der Waals surface area contributed by atoms with Crippen LogP contribution in [0.4, 0.5) is 0 Å². The van der Waals surface area contributed by atoms with E-state index in [9.17, 15) is 0 Å². The maximum absolute atomic E-state index is 8.65. The zero-order valence-electron chi connectivity index (χ0n) is 7.80. The lowest BCUT2D eigenvalue weighted by Crippen LogP contribution is -1.73. The molecule has 0 fully saturated rings. The molecule has 0 unspecified atom stereocenters. The Kier molecular flexibility index (Phi) is 3.00. The zero-order valence-corrected chi connectivity index (χ0v) is 9.31. The van der Waals surface area contributed by atoms with E-state index in [2.05, 4.69) is 4.98 Å². The van der Waals surface area contributed by atoms with Crippen molar-refractivity contribution in [3.05, 3.63) is 40.0 Å². The van der Waals surface area contributed by atoms with Crippen LogP contribution in [0.2, 0.25) is 10.0 Å². The molecule has 2 N–H and O–H groups in total. The molecule has 0 aliphatic heterocycles. The highest BCUT2D eigenvalue weighted by Crippen LogP contribution is 2.28. The molecule has 0 aliphatic rings. The van der Waals surface area contributed by atoms with Crippen molar-refractivity contribution >= 4 is 40.2 Å². The summed E-state index contributed by atoms with van der Waals surface area (Å²) in [4.78, 5) is 3.16. The van der Waals surface area contributed by atoms with Crippen LogP contribution in [0, 0.1) is 0 Å². The minimum Gasteiger partial charge on any atom is -0.392 e. The molecular weight excluding hydrogens is 233 g/mol. The molecule has 0 saturated carbocycles. The van der Waals surface area contributed by atoms with Gasteiger partial charge in [-0.2, -0.15) is 0 Å². The lowest BCUT2D eigenvalue weighted by molar-refractivity contribution is 0.343. The van der Waals surface area contributed by atoms with Crippen molar-refractivity contribution in [2.45, 2.75) is 0 Å². The standard InChI is InChI=1S/C11H9Cl2NO/c12-9-5-7-4-8(2-1-3-15)14-11(7)6-10(9)13/h1-2,4-6,14-15H,3H2/b2-1+. The first-order valence-electron chi connectivity index (χ1n) is 4.46. The molecule has 78 valence electrons. The number of fused-ring (bicyclic) bond motifs is 1. The summed E-state index contributed by atoms with van der Waals surface area (Å²) in [6.07, 6.45) is 3.47. The average molecular weight is 242 g/mol. The van der Waals surface area contributed by atoms with Crippen molar-refractivity contribution in [1.82, 2.24) is 4.98 Å². The van der Waals surface area contributed by atoms with Gasteiger partial charge in [-0.15, -0.1) is 0 Å². The summed E-state index contributed by atoms with van der Waals surface area (Å²) in [5, 5.41) is 10.7. The topological polar surface area (TPSA) is 36.0 Å². The van der Waals surface area contributed by atoms with E-state index < -0.39 is 0 Å². The van der Waals surface area contributed by atoms with Crippen molar-refractivity contribution in [3.63, 3.8) is 0 Å². The van der Waals surface area contributed by atoms with E-state index in [1.165, 1.54) is 0 Å². The van der Waals surface area contributed by atoms with Gasteiger partial charge < -0.3 is 10.1 Å². The Morgan fingerprint density at radius 3 is 2.67 bits per heavy atom. The van der Waals surface area contributed by atoms with Crippen LogP contribution in [0.15, 0.2) is 24.3 Å². The lowest BCUT2D eigenvalue weighted by atomic mass is 10.2. The molecule has 2 rings (SSSR count). The summed E-state index contributed by atoms with van der Waals surface area (Å²) in [6, 6.07) is 5.55. The number of halogens is 2. The van der Waals surface area contributed by atoms with Crippen LogP contribution in [0.5, 0.6) is 0 Å². The number of aliphatic hydroxyl groups is 1. The molecule has 0 bridgehead atoms. The molecule has 1 aromatic heterocycles. The Bertz CT molecular complexity index is 478. The number of hydrogen-bond acceptors (Lipinski definition) is 1. The third kappa shape index (κ3) is 2.17. The van der Waals surface area contributed by atoms with Crippen LogP contribution in [-0.4, -0.2) is 16.7 Å². The predicted octanol–water partition coefficient (Wildman–Crippen LogP) is 3.48. The first-order chi connectivity index (χ1) is 7.20. The minimum atomic E-state index is 0.0247. The van der Waals surface area contributed by atoms with Crippen LogP contribution in [-0.2, 0) is 0 Å². The number of nitrogens with one attached hydrogen (secondary N) is 1. The maximum atomic E-state index is 8.65. The Hall–Kier alpha value is -0.960. The van der Waals surface area contributed by atoms with Gasteiger partial charge in [0.15, 0.2) is 0 Å². The summed E-state index contributed by atoms with van der Waals surface area (Å²) < 4.78 is 0. The van der Waals surface area contributed by atoms with Crippen molar-refractivity contribution in [3.8, 4) is 0 Å². The summed E-state index contributed by atoms with van der Waals surface area (Å²) in [7, 11) is 0. The molecule has 0 spiro atoms. The Balaban J connectivity index is 2.51. The summed E-state index contributed by atoms with van der Waals surface area (Å²) in [5.41, 5.74) is 1.85. The third-order valence-corrected chi connectivity index (χ3v) is 2.81. The van der Waals surface area contributed by atoms with Gasteiger partial charge in [0.2, 0.25) is 0 Å². The highest BCUT2D eigenvalue weighted by atomic mass is 35.5. The summed E-state index contributed by atoms with van der Waals surface area (Å²) in [5.74, 6) is 0. The fraction of sp³-hybridized carbons (Fsp3) is 0.0909. The van der Waals surface area contributed by atoms with E-state index in [0.717, 1.165) is 16.6 Å². The first-order valence-corrected chi connectivity index (χ1v) is 5.21. The molecule has 4 heteroatoms. The molecule has 0 aliphatic carbocycles. The molecule has 1 heterocycles. The smallest absolute Gasteiger partial charge is 0.0616 e. The molecule has 15 heavy (non-hydrogen) atoms. The lowest BCUT2D eigenvalue weighted by Gasteiger charge is -1.94. The van der Waals surface area contributed by atoms with Crippen LogP contribution in [0.1, 0.15) is 5.69 Å². The molecule has 0 atom stereocenters. The second kappa shape index (κ2) is 4.27. The fourth-order valence-electron chi connectivity index (χ4n) is 1.42. The van der Waals surface area contributed by atoms with E-state index >= 15 is 0 Å². The minimum absolute atomic E-state index is 0.0247. The second-order valence-electron chi connectivity index (χ2n) is 3.16. The highest BCUT2D eigenvalue weighted by Gasteiger charge is 2.03. The van der Waals surface area contributed by atoms with Crippen molar-refractivity contribution in [2.24, 2.45) is 0 Å². The fourth-order valence-corrected chi connectivity index (χ4v) is 1.75. The molecule has 2 aromatic rings. The normalized spacial score (nSPS) is 11.7. The second-order valence-corrected chi connectivity index (χ2v) is 3.98. The largest absolute Gasteiger partial charge is 0.392 e. The van der Waals surface area contributed by atoms with Gasteiger partial charge in [0.05, 0.1) is 16.7 Å². The van der Waals surface area contributed by atoms with Crippen LogP contribution < -0.4 is 0 Å². The number of aromatic amines is 1. The average Bonchev–Trinajstić information content (AvgIpc) is 2.58. The van der Waals surface area contributed by atoms with Crippen molar-refractivity contribution in [1.29, 1.82) is 0 Å². The quantitative estimate of drug-likeness (QED) is 0.830. The van der Waals surface area contributed by atoms with Crippen LogP contribution >= 0.6 is 23.2 Å². The molecular formula is C11H9Cl2NO. The van der Waals surface area contributed by atoms with Gasteiger partial charge in [0, 0.05) is 16.6 Å². The van der Waals surface area contributed by atoms with Crippen molar-refractivity contribution in [2.75, 3.05) is 6.61 Å². The molecule has 0 amide bonds. The van der Waals surface area contributed by atoms with Crippen molar-refractivity contribution < 1.29 is 5.11 Å².